The molecule has 2 N–H and O–H groups in total. The van der Waals surface area contributed by atoms with Crippen molar-refractivity contribution in [3.05, 3.63) is 24.3 Å². The molecule has 0 aromatic carbocycles. The van der Waals surface area contributed by atoms with Gasteiger partial charge in [0.25, 0.3) is 0 Å². The maximum Gasteiger partial charge on any atom is 0.338 e. The molecule has 7 nitrogen and oxygen atoms in total. The van der Waals surface area contributed by atoms with Gasteiger partial charge in [-0.3, -0.25) is 4.79 Å². The first-order chi connectivity index (χ1) is 7.32. The van der Waals surface area contributed by atoms with Gasteiger partial charge in [-0.1, -0.05) is 6.58 Å². The average molecular weight is 228 g/mol. The number of carbonyl (C=O) groups excluding carboxylic acids is 2. The Bertz CT molecular complexity index is 361. The molecular weight excluding hydrogens is 220 g/mol. The first-order valence-corrected chi connectivity index (χ1v) is 3.89. The normalized spacial score (nSPS) is 12.5. The number of esters is 2. The van der Waals surface area contributed by atoms with Crippen LogP contribution in [0, 0.1) is 0 Å². The van der Waals surface area contributed by atoms with E-state index in [-0.39, 0.29) is 5.57 Å². The molecule has 0 spiro atoms. The monoisotopic (exact) mass is 228 g/mol. The van der Waals surface area contributed by atoms with Crippen LogP contribution in [0.25, 0.3) is 0 Å². The second-order valence-electron chi connectivity index (χ2n) is 2.55. The zero-order valence-electron chi connectivity index (χ0n) is 8.00. The molecule has 0 fully saturated rings. The standard InChI is InChI=1S/C5H6O4.C4H2O3/c1-3(5(8)9)2-4(6)7;5-3-1-2-4(6)7-3/h1-2H2,(H,6,7)(H,8,9);1-2H. The van der Waals surface area contributed by atoms with E-state index in [1.54, 1.807) is 0 Å². The SMILES string of the molecule is C=C(CC(=O)O)C(=O)O.O=C1C=CC(=O)O1. The van der Waals surface area contributed by atoms with Crippen LogP contribution in [0.1, 0.15) is 6.42 Å². The van der Waals surface area contributed by atoms with Crippen LogP contribution in [0.5, 0.6) is 0 Å². The van der Waals surface area contributed by atoms with Crippen molar-refractivity contribution in [2.45, 2.75) is 6.42 Å². The molecule has 0 unspecified atom stereocenters. The number of hydrogen-bond acceptors (Lipinski definition) is 5. The van der Waals surface area contributed by atoms with E-state index in [1.165, 1.54) is 0 Å². The maximum atomic E-state index is 9.92. The molecule has 86 valence electrons. The Morgan fingerprint density at radius 2 is 1.62 bits per heavy atom. The van der Waals surface area contributed by atoms with Crippen molar-refractivity contribution in [3.63, 3.8) is 0 Å². The Kier molecular flexibility index (Phi) is 5.19. The molecule has 0 saturated heterocycles. The third kappa shape index (κ3) is 6.08. The molecule has 1 aliphatic rings. The van der Waals surface area contributed by atoms with Gasteiger partial charge in [-0.25, -0.2) is 14.4 Å². The van der Waals surface area contributed by atoms with Gasteiger partial charge < -0.3 is 14.9 Å². The van der Waals surface area contributed by atoms with E-state index in [4.69, 9.17) is 10.2 Å². The zero-order valence-corrected chi connectivity index (χ0v) is 8.00. The van der Waals surface area contributed by atoms with Crippen LogP contribution >= 0.6 is 0 Å². The number of carboxylic acids is 2. The van der Waals surface area contributed by atoms with Crippen LogP contribution in [-0.2, 0) is 23.9 Å². The van der Waals surface area contributed by atoms with Crippen molar-refractivity contribution >= 4 is 23.9 Å². The van der Waals surface area contributed by atoms with Gasteiger partial charge in [0.05, 0.1) is 6.42 Å². The molecule has 0 saturated carbocycles. The Morgan fingerprint density at radius 3 is 1.75 bits per heavy atom. The number of carboxylic acid groups (broad SMARTS) is 2. The molecule has 0 aromatic heterocycles. The Hall–Kier alpha value is -2.44. The smallest absolute Gasteiger partial charge is 0.338 e. The van der Waals surface area contributed by atoms with E-state index in [2.05, 4.69) is 11.3 Å². The Labute approximate surface area is 89.6 Å². The molecule has 16 heavy (non-hydrogen) atoms. The number of aliphatic carboxylic acids is 2. The van der Waals surface area contributed by atoms with E-state index in [0.717, 1.165) is 12.2 Å². The number of ether oxygens (including phenoxy) is 1. The third-order valence-corrected chi connectivity index (χ3v) is 1.22. The quantitative estimate of drug-likeness (QED) is 0.387. The fourth-order valence-electron chi connectivity index (χ4n) is 0.561. The van der Waals surface area contributed by atoms with E-state index >= 15 is 0 Å². The molecule has 0 aliphatic carbocycles. The first-order valence-electron chi connectivity index (χ1n) is 3.89. The van der Waals surface area contributed by atoms with E-state index in [1.807, 2.05) is 0 Å². The van der Waals surface area contributed by atoms with Gasteiger partial charge in [-0.2, -0.15) is 0 Å². The van der Waals surface area contributed by atoms with E-state index in [0.29, 0.717) is 0 Å². The predicted molar refractivity (Wildman–Crippen MR) is 49.3 cm³/mol. The van der Waals surface area contributed by atoms with Crippen LogP contribution in [0.3, 0.4) is 0 Å². The third-order valence-electron chi connectivity index (χ3n) is 1.22. The molecule has 1 rings (SSSR count). The molecule has 1 aliphatic heterocycles. The van der Waals surface area contributed by atoms with Crippen molar-refractivity contribution < 1.29 is 34.1 Å². The lowest BCUT2D eigenvalue weighted by Gasteiger charge is -1.91. The van der Waals surface area contributed by atoms with Gasteiger partial charge in [0, 0.05) is 17.7 Å². The molecule has 0 bridgehead atoms. The van der Waals surface area contributed by atoms with Gasteiger partial charge in [0.1, 0.15) is 0 Å². The highest BCUT2D eigenvalue weighted by molar-refractivity contribution is 6.04. The summed E-state index contributed by atoms with van der Waals surface area (Å²) in [4.78, 5) is 39.5. The predicted octanol–water partition coefficient (Wildman–Crippen LogP) is -0.272. The molecular formula is C9H8O7. The van der Waals surface area contributed by atoms with Crippen molar-refractivity contribution in [2.75, 3.05) is 0 Å². The highest BCUT2D eigenvalue weighted by atomic mass is 16.6. The van der Waals surface area contributed by atoms with Crippen molar-refractivity contribution in [1.29, 1.82) is 0 Å². The molecule has 7 heteroatoms. The summed E-state index contributed by atoms with van der Waals surface area (Å²) >= 11 is 0. The van der Waals surface area contributed by atoms with Gasteiger partial charge in [-0.15, -0.1) is 0 Å². The minimum absolute atomic E-state index is 0.303. The minimum Gasteiger partial charge on any atom is -0.481 e. The Balaban J connectivity index is 0.000000288. The summed E-state index contributed by atoms with van der Waals surface area (Å²) in [6.45, 7) is 3.01. The van der Waals surface area contributed by atoms with Crippen molar-refractivity contribution in [2.24, 2.45) is 0 Å². The molecule has 0 atom stereocenters. The number of hydrogen-bond donors (Lipinski definition) is 2. The molecule has 0 radical (unpaired) electrons. The summed E-state index contributed by atoms with van der Waals surface area (Å²) < 4.78 is 3.97. The number of rotatable bonds is 3. The van der Waals surface area contributed by atoms with Crippen LogP contribution in [0.4, 0.5) is 0 Å². The highest BCUT2D eigenvalue weighted by Gasteiger charge is 2.10. The fourth-order valence-corrected chi connectivity index (χ4v) is 0.561. The lowest BCUT2D eigenvalue weighted by molar-refractivity contribution is -0.150. The first kappa shape index (κ1) is 13.6. The van der Waals surface area contributed by atoms with Crippen molar-refractivity contribution in [3.8, 4) is 0 Å². The van der Waals surface area contributed by atoms with Crippen molar-refractivity contribution in [1.82, 2.24) is 0 Å². The second-order valence-corrected chi connectivity index (χ2v) is 2.55. The largest absolute Gasteiger partial charge is 0.481 e. The van der Waals surface area contributed by atoms with E-state index < -0.39 is 30.3 Å². The van der Waals surface area contributed by atoms with Crippen LogP contribution < -0.4 is 0 Å². The van der Waals surface area contributed by atoms with Crippen LogP contribution in [0.2, 0.25) is 0 Å². The summed E-state index contributed by atoms with van der Waals surface area (Å²) in [5.74, 6) is -3.60. The molecule has 0 amide bonds. The second kappa shape index (κ2) is 6.12. The maximum absolute atomic E-state index is 9.92. The summed E-state index contributed by atoms with van der Waals surface area (Å²) in [6, 6.07) is 0. The summed E-state index contributed by atoms with van der Waals surface area (Å²) in [7, 11) is 0. The van der Waals surface area contributed by atoms with Crippen LogP contribution in [0.15, 0.2) is 24.3 Å². The lowest BCUT2D eigenvalue weighted by Crippen LogP contribution is -2.04. The molecule has 1 heterocycles. The van der Waals surface area contributed by atoms with Crippen LogP contribution in [-0.4, -0.2) is 34.1 Å². The van der Waals surface area contributed by atoms with Gasteiger partial charge >= 0.3 is 23.9 Å². The Morgan fingerprint density at radius 1 is 1.19 bits per heavy atom. The van der Waals surface area contributed by atoms with E-state index in [9.17, 15) is 19.2 Å². The molecule has 0 aromatic rings. The topological polar surface area (TPSA) is 118 Å². The van der Waals surface area contributed by atoms with Gasteiger partial charge in [0.2, 0.25) is 0 Å². The van der Waals surface area contributed by atoms with Gasteiger partial charge in [0.15, 0.2) is 0 Å². The zero-order chi connectivity index (χ0) is 12.7. The summed E-state index contributed by atoms with van der Waals surface area (Å²) in [6.07, 6.45) is 1.67. The number of cyclic esters (lactones) is 2. The fraction of sp³-hybridized carbons (Fsp3) is 0.111. The lowest BCUT2D eigenvalue weighted by atomic mass is 10.2. The van der Waals surface area contributed by atoms with Gasteiger partial charge in [-0.05, 0) is 0 Å². The highest BCUT2D eigenvalue weighted by Crippen LogP contribution is 1.95. The number of carbonyl (C=O) groups is 4. The summed E-state index contributed by atoms with van der Waals surface area (Å²) in [5.41, 5.74) is -0.303. The average Bonchev–Trinajstić information content (AvgIpc) is 2.49. The minimum atomic E-state index is -1.27. The summed E-state index contributed by atoms with van der Waals surface area (Å²) in [5, 5.41) is 16.1.